The van der Waals surface area contributed by atoms with Gasteiger partial charge in [-0.15, -0.1) is 0 Å². The summed E-state index contributed by atoms with van der Waals surface area (Å²) in [4.78, 5) is 8.46. The molecule has 7 heteroatoms. The Labute approximate surface area is 151 Å². The topological polar surface area (TPSA) is 90.3 Å². The Morgan fingerprint density at radius 2 is 1.88 bits per heavy atom. The van der Waals surface area contributed by atoms with Crippen molar-refractivity contribution in [3.8, 4) is 0 Å². The van der Waals surface area contributed by atoms with E-state index in [1.54, 1.807) is 12.1 Å². The van der Waals surface area contributed by atoms with E-state index in [0.717, 1.165) is 17.5 Å². The number of hydrogen-bond acceptors (Lipinski definition) is 6. The molecule has 0 radical (unpaired) electrons. The van der Waals surface area contributed by atoms with Crippen molar-refractivity contribution in [1.82, 2.24) is 9.97 Å². The Kier molecular flexibility index (Phi) is 4.50. The summed E-state index contributed by atoms with van der Waals surface area (Å²) in [5, 5.41) is 26.6. The minimum atomic E-state index is -0.818. The van der Waals surface area contributed by atoms with E-state index in [1.165, 1.54) is 12.4 Å². The van der Waals surface area contributed by atoms with Crippen molar-refractivity contribution in [2.24, 2.45) is 5.92 Å². The molecule has 1 saturated carbocycles. The molecule has 26 heavy (non-hydrogen) atoms. The maximum atomic E-state index is 13.9. The molecule has 5 atom stereocenters. The van der Waals surface area contributed by atoms with Crippen molar-refractivity contribution >= 4 is 11.6 Å². The molecule has 1 fully saturated rings. The SMILES string of the molecule is C[C@@H]1C[C@@H](Nc2cc(N[C@H]3CCc4c(F)cccc43)ncn2)[C@H](O)[C@@H]1O. The molecule has 1 aromatic carbocycles. The van der Waals surface area contributed by atoms with Gasteiger partial charge < -0.3 is 20.8 Å². The monoisotopic (exact) mass is 358 g/mol. The molecule has 138 valence electrons. The molecule has 0 bridgehead atoms. The molecule has 0 spiro atoms. The highest BCUT2D eigenvalue weighted by Crippen LogP contribution is 2.35. The maximum Gasteiger partial charge on any atom is 0.131 e. The van der Waals surface area contributed by atoms with E-state index in [1.807, 2.05) is 13.0 Å². The van der Waals surface area contributed by atoms with Crippen LogP contribution in [0.2, 0.25) is 0 Å². The van der Waals surface area contributed by atoms with E-state index in [-0.39, 0.29) is 23.8 Å². The van der Waals surface area contributed by atoms with Gasteiger partial charge in [-0.1, -0.05) is 19.1 Å². The Morgan fingerprint density at radius 3 is 2.62 bits per heavy atom. The largest absolute Gasteiger partial charge is 0.390 e. The van der Waals surface area contributed by atoms with Crippen molar-refractivity contribution in [2.75, 3.05) is 10.6 Å². The summed E-state index contributed by atoms with van der Waals surface area (Å²) < 4.78 is 13.9. The second kappa shape index (κ2) is 6.81. The number of aliphatic hydroxyl groups excluding tert-OH is 2. The zero-order chi connectivity index (χ0) is 18.3. The molecule has 1 heterocycles. The lowest BCUT2D eigenvalue weighted by Gasteiger charge is -2.19. The zero-order valence-electron chi connectivity index (χ0n) is 14.6. The van der Waals surface area contributed by atoms with Crippen LogP contribution in [-0.4, -0.2) is 38.4 Å². The van der Waals surface area contributed by atoms with Crippen LogP contribution in [0, 0.1) is 11.7 Å². The van der Waals surface area contributed by atoms with E-state index in [2.05, 4.69) is 20.6 Å². The van der Waals surface area contributed by atoms with Gasteiger partial charge in [-0.3, -0.25) is 0 Å². The van der Waals surface area contributed by atoms with Crippen molar-refractivity contribution in [1.29, 1.82) is 0 Å². The highest BCUT2D eigenvalue weighted by atomic mass is 19.1. The summed E-state index contributed by atoms with van der Waals surface area (Å²) in [5.41, 5.74) is 1.75. The van der Waals surface area contributed by atoms with Gasteiger partial charge in [-0.25, -0.2) is 14.4 Å². The quantitative estimate of drug-likeness (QED) is 0.670. The van der Waals surface area contributed by atoms with Crippen molar-refractivity contribution < 1.29 is 14.6 Å². The lowest BCUT2D eigenvalue weighted by atomic mass is 10.1. The normalized spacial score (nSPS) is 30.2. The third-order valence-electron chi connectivity index (χ3n) is 5.51. The number of benzene rings is 1. The highest BCUT2D eigenvalue weighted by Gasteiger charge is 2.39. The molecule has 4 N–H and O–H groups in total. The minimum Gasteiger partial charge on any atom is -0.390 e. The van der Waals surface area contributed by atoms with Crippen LogP contribution in [0.25, 0.3) is 0 Å². The lowest BCUT2D eigenvalue weighted by molar-refractivity contribution is 0.0210. The van der Waals surface area contributed by atoms with Crippen LogP contribution in [0.5, 0.6) is 0 Å². The number of aliphatic hydroxyl groups is 2. The Bertz CT molecular complexity index is 803. The van der Waals surface area contributed by atoms with Gasteiger partial charge in [0.05, 0.1) is 18.2 Å². The molecule has 4 rings (SSSR count). The van der Waals surface area contributed by atoms with Crippen LogP contribution >= 0.6 is 0 Å². The van der Waals surface area contributed by atoms with Crippen LogP contribution in [0.4, 0.5) is 16.0 Å². The van der Waals surface area contributed by atoms with Crippen LogP contribution in [-0.2, 0) is 6.42 Å². The summed E-state index contributed by atoms with van der Waals surface area (Å²) in [6.07, 6.45) is 2.10. The number of hydrogen-bond donors (Lipinski definition) is 4. The van der Waals surface area contributed by atoms with E-state index in [9.17, 15) is 14.6 Å². The van der Waals surface area contributed by atoms with E-state index in [0.29, 0.717) is 24.5 Å². The number of anilines is 2. The Hall–Kier alpha value is -2.25. The fourth-order valence-corrected chi connectivity index (χ4v) is 4.04. The van der Waals surface area contributed by atoms with Gasteiger partial charge in [0.25, 0.3) is 0 Å². The van der Waals surface area contributed by atoms with Gasteiger partial charge in [0, 0.05) is 6.07 Å². The molecule has 0 unspecified atom stereocenters. The van der Waals surface area contributed by atoms with Gasteiger partial charge in [0.15, 0.2) is 0 Å². The smallest absolute Gasteiger partial charge is 0.131 e. The van der Waals surface area contributed by atoms with Crippen molar-refractivity contribution in [3.05, 3.63) is 47.5 Å². The molecule has 1 aromatic heterocycles. The van der Waals surface area contributed by atoms with Crippen LogP contribution < -0.4 is 10.6 Å². The number of nitrogens with one attached hydrogen (secondary N) is 2. The number of fused-ring (bicyclic) bond motifs is 1. The number of halogens is 1. The first-order valence-electron chi connectivity index (χ1n) is 9.01. The first kappa shape index (κ1) is 17.2. The zero-order valence-corrected chi connectivity index (χ0v) is 14.6. The van der Waals surface area contributed by atoms with Gasteiger partial charge in [-0.05, 0) is 42.4 Å². The van der Waals surface area contributed by atoms with Crippen LogP contribution in [0.15, 0.2) is 30.6 Å². The standard InChI is InChI=1S/C19H23FN4O2/c1-10-7-15(19(26)18(10)25)24-17-8-16(21-9-22-17)23-14-6-5-11-12(14)3-2-4-13(11)20/h2-4,8-10,14-15,18-19,25-26H,5-7H2,1H3,(H2,21,22,23,24)/t10-,14+,15-,18-,19+/m1/s1. The summed E-state index contributed by atoms with van der Waals surface area (Å²) in [6.45, 7) is 1.92. The summed E-state index contributed by atoms with van der Waals surface area (Å²) in [7, 11) is 0. The fraction of sp³-hybridized carbons (Fsp3) is 0.474. The Balaban J connectivity index is 1.47. The maximum absolute atomic E-state index is 13.9. The van der Waals surface area contributed by atoms with E-state index < -0.39 is 12.2 Å². The predicted octanol–water partition coefficient (Wildman–Crippen LogP) is 2.26. The van der Waals surface area contributed by atoms with Crippen LogP contribution in [0.1, 0.15) is 36.9 Å². The third-order valence-corrected chi connectivity index (χ3v) is 5.51. The average molecular weight is 358 g/mol. The van der Waals surface area contributed by atoms with E-state index >= 15 is 0 Å². The average Bonchev–Trinajstić information content (AvgIpc) is 3.14. The molecule has 2 aromatic rings. The minimum absolute atomic E-state index is 0.0161. The number of aromatic nitrogens is 2. The summed E-state index contributed by atoms with van der Waals surface area (Å²) in [5.74, 6) is 1.11. The van der Waals surface area contributed by atoms with Gasteiger partial charge in [0.1, 0.15) is 29.9 Å². The fourth-order valence-electron chi connectivity index (χ4n) is 4.04. The van der Waals surface area contributed by atoms with Crippen LogP contribution in [0.3, 0.4) is 0 Å². The van der Waals surface area contributed by atoms with Crippen molar-refractivity contribution in [2.45, 2.75) is 50.5 Å². The van der Waals surface area contributed by atoms with Crippen molar-refractivity contribution in [3.63, 3.8) is 0 Å². The van der Waals surface area contributed by atoms with Gasteiger partial charge in [-0.2, -0.15) is 0 Å². The molecule has 2 aliphatic carbocycles. The lowest BCUT2D eigenvalue weighted by Crippen LogP contribution is -2.35. The first-order valence-corrected chi connectivity index (χ1v) is 9.01. The second-order valence-electron chi connectivity index (χ2n) is 7.28. The van der Waals surface area contributed by atoms with Gasteiger partial charge in [0.2, 0.25) is 0 Å². The molecule has 0 saturated heterocycles. The summed E-state index contributed by atoms with van der Waals surface area (Å²) >= 11 is 0. The summed E-state index contributed by atoms with van der Waals surface area (Å²) in [6, 6.07) is 6.72. The molecular formula is C19H23FN4O2. The number of rotatable bonds is 4. The first-order chi connectivity index (χ1) is 12.5. The molecule has 6 nitrogen and oxygen atoms in total. The Morgan fingerprint density at radius 1 is 1.12 bits per heavy atom. The molecule has 0 amide bonds. The molecular weight excluding hydrogens is 335 g/mol. The second-order valence-corrected chi connectivity index (χ2v) is 7.28. The predicted molar refractivity (Wildman–Crippen MR) is 96.3 cm³/mol. The van der Waals surface area contributed by atoms with Gasteiger partial charge >= 0.3 is 0 Å². The number of nitrogens with zero attached hydrogens (tertiary/aromatic N) is 2. The molecule has 0 aliphatic heterocycles. The van der Waals surface area contributed by atoms with E-state index in [4.69, 9.17) is 0 Å². The molecule has 2 aliphatic rings. The highest BCUT2D eigenvalue weighted by molar-refractivity contribution is 5.50. The third kappa shape index (κ3) is 3.12.